The van der Waals surface area contributed by atoms with Gasteiger partial charge in [0.25, 0.3) is 0 Å². The monoisotopic (exact) mass is 387 g/mol. The van der Waals surface area contributed by atoms with Crippen LogP contribution in [0.25, 0.3) is 0 Å². The summed E-state index contributed by atoms with van der Waals surface area (Å²) in [6.45, 7) is 1.57. The maximum absolute atomic E-state index is 12.3. The zero-order chi connectivity index (χ0) is 14.4. The van der Waals surface area contributed by atoms with Crippen LogP contribution >= 0.6 is 26.6 Å². The summed E-state index contributed by atoms with van der Waals surface area (Å²) in [5.41, 5.74) is 0.654. The molecule has 0 bridgehead atoms. The van der Waals surface area contributed by atoms with Gasteiger partial charge >= 0.3 is 0 Å². The number of sulfonamides is 1. The lowest BCUT2D eigenvalue weighted by atomic mass is 10.1. The molecule has 0 saturated carbocycles. The second-order valence-electron chi connectivity index (χ2n) is 4.22. The Labute approximate surface area is 125 Å². The van der Waals surface area contributed by atoms with Crippen LogP contribution in [0.5, 0.6) is 0 Å². The molecule has 0 spiro atoms. The summed E-state index contributed by atoms with van der Waals surface area (Å²) in [4.78, 5) is 0.218. The molecule has 5 nitrogen and oxygen atoms in total. The van der Waals surface area contributed by atoms with Crippen LogP contribution in [0.2, 0.25) is 0 Å². The van der Waals surface area contributed by atoms with Crippen molar-refractivity contribution in [1.29, 1.82) is 0 Å². The van der Waals surface area contributed by atoms with Gasteiger partial charge in [-0.3, -0.25) is 0 Å². The third-order valence-electron chi connectivity index (χ3n) is 3.00. The van der Waals surface area contributed by atoms with E-state index in [1.165, 1.54) is 6.07 Å². The Morgan fingerprint density at radius 2 is 2.05 bits per heavy atom. The van der Waals surface area contributed by atoms with Gasteiger partial charge in [0.1, 0.15) is 0 Å². The van der Waals surface area contributed by atoms with Crippen molar-refractivity contribution in [2.24, 2.45) is 0 Å². The van der Waals surface area contributed by atoms with Crippen molar-refractivity contribution < 1.29 is 16.8 Å². The van der Waals surface area contributed by atoms with Crippen molar-refractivity contribution in [2.75, 3.05) is 12.3 Å². The summed E-state index contributed by atoms with van der Waals surface area (Å²) in [6.07, 6.45) is 0. The van der Waals surface area contributed by atoms with Gasteiger partial charge in [-0.1, -0.05) is 15.9 Å². The molecule has 0 aromatic heterocycles. The summed E-state index contributed by atoms with van der Waals surface area (Å²) in [5, 5.41) is 0. The van der Waals surface area contributed by atoms with Crippen molar-refractivity contribution in [2.45, 2.75) is 17.9 Å². The summed E-state index contributed by atoms with van der Waals surface area (Å²) < 4.78 is 48.5. The molecule has 0 radical (unpaired) electrons. The highest BCUT2D eigenvalue weighted by molar-refractivity contribution is 9.10. The zero-order valence-corrected chi connectivity index (χ0v) is 13.9. The Hall–Kier alpha value is -0.150. The number of hydrogen-bond acceptors (Lipinski definition) is 4. The van der Waals surface area contributed by atoms with Crippen LogP contribution < -0.4 is 0 Å². The van der Waals surface area contributed by atoms with E-state index >= 15 is 0 Å². The van der Waals surface area contributed by atoms with Gasteiger partial charge in [0.05, 0.1) is 10.6 Å². The summed E-state index contributed by atoms with van der Waals surface area (Å²) in [5.74, 6) is -0.409. The van der Waals surface area contributed by atoms with E-state index in [1.807, 2.05) is 0 Å². The van der Waals surface area contributed by atoms with E-state index in [0.717, 1.165) is 8.78 Å². The molecule has 1 aromatic rings. The van der Waals surface area contributed by atoms with Crippen molar-refractivity contribution in [3.05, 3.63) is 28.2 Å². The van der Waals surface area contributed by atoms with Gasteiger partial charge in [-0.05, 0) is 30.7 Å². The van der Waals surface area contributed by atoms with Gasteiger partial charge < -0.3 is 0 Å². The predicted molar refractivity (Wildman–Crippen MR) is 76.1 cm³/mol. The normalized spacial score (nSPS) is 22.4. The molecule has 19 heavy (non-hydrogen) atoms. The van der Waals surface area contributed by atoms with E-state index in [-0.39, 0.29) is 11.4 Å². The standard InChI is InChI=1S/C10H11BrClNO4S2/c1-7-9-6-8(11)2-3-10(9)19(16,17)13(7)4-5-18(12,14)15/h2-3,6-7H,4-5H2,1H3. The molecule has 106 valence electrons. The fraction of sp³-hybridized carbons (Fsp3) is 0.400. The van der Waals surface area contributed by atoms with Gasteiger partial charge in [-0.25, -0.2) is 16.8 Å². The van der Waals surface area contributed by atoms with Crippen LogP contribution in [0.15, 0.2) is 27.6 Å². The molecule has 9 heteroatoms. The molecule has 0 aliphatic carbocycles. The maximum Gasteiger partial charge on any atom is 0.243 e. The molecule has 1 atom stereocenters. The first-order chi connectivity index (χ1) is 8.63. The SMILES string of the molecule is CC1c2cc(Br)ccc2S(=O)(=O)N1CCS(=O)(=O)Cl. The van der Waals surface area contributed by atoms with Gasteiger partial charge in [0, 0.05) is 27.7 Å². The Balaban J connectivity index is 2.40. The Kier molecular flexibility index (Phi) is 4.01. The smallest absolute Gasteiger partial charge is 0.212 e. The van der Waals surface area contributed by atoms with Gasteiger partial charge in [0.15, 0.2) is 0 Å². The first kappa shape index (κ1) is 15.2. The minimum atomic E-state index is -3.72. The van der Waals surface area contributed by atoms with Crippen molar-refractivity contribution in [1.82, 2.24) is 4.31 Å². The highest BCUT2D eigenvalue weighted by Gasteiger charge is 2.40. The largest absolute Gasteiger partial charge is 0.243 e. The van der Waals surface area contributed by atoms with E-state index in [9.17, 15) is 16.8 Å². The number of benzene rings is 1. The summed E-state index contributed by atoms with van der Waals surface area (Å²) in [6, 6.07) is 4.48. The molecule has 1 unspecified atom stereocenters. The molecule has 2 rings (SSSR count). The number of rotatable bonds is 3. The maximum atomic E-state index is 12.3. The molecule has 0 saturated heterocycles. The number of halogens is 2. The Morgan fingerprint density at radius 1 is 1.42 bits per heavy atom. The fourth-order valence-electron chi connectivity index (χ4n) is 2.08. The average molecular weight is 389 g/mol. The lowest BCUT2D eigenvalue weighted by Crippen LogP contribution is -2.31. The first-order valence-corrected chi connectivity index (χ1v) is 10.1. The molecular weight excluding hydrogens is 378 g/mol. The van der Waals surface area contributed by atoms with Gasteiger partial charge in [-0.15, -0.1) is 0 Å². The van der Waals surface area contributed by atoms with Crippen LogP contribution in [0.3, 0.4) is 0 Å². The second-order valence-corrected chi connectivity index (χ2v) is 9.89. The number of fused-ring (bicyclic) bond motifs is 1. The minimum absolute atomic E-state index is 0.151. The van der Waals surface area contributed by atoms with Crippen LogP contribution in [-0.4, -0.2) is 33.4 Å². The van der Waals surface area contributed by atoms with E-state index in [2.05, 4.69) is 15.9 Å². The molecule has 1 aliphatic rings. The first-order valence-electron chi connectivity index (χ1n) is 5.36. The van der Waals surface area contributed by atoms with Gasteiger partial charge in [-0.2, -0.15) is 4.31 Å². The van der Waals surface area contributed by atoms with Crippen LogP contribution in [0.4, 0.5) is 0 Å². The highest BCUT2D eigenvalue weighted by Crippen LogP contribution is 2.40. The third kappa shape index (κ3) is 2.97. The topological polar surface area (TPSA) is 71.5 Å². The lowest BCUT2D eigenvalue weighted by Gasteiger charge is -2.19. The van der Waals surface area contributed by atoms with E-state index in [1.54, 1.807) is 19.1 Å². The quantitative estimate of drug-likeness (QED) is 0.743. The molecule has 0 fully saturated rings. The second kappa shape index (κ2) is 5.00. The Morgan fingerprint density at radius 3 is 2.63 bits per heavy atom. The van der Waals surface area contributed by atoms with Crippen LogP contribution in [0.1, 0.15) is 18.5 Å². The fourth-order valence-corrected chi connectivity index (χ4v) is 5.08. The average Bonchev–Trinajstić information content (AvgIpc) is 2.43. The number of hydrogen-bond donors (Lipinski definition) is 0. The molecular formula is C10H11BrClNO4S2. The summed E-state index contributed by atoms with van der Waals surface area (Å²) in [7, 11) is -2.24. The molecule has 1 aromatic carbocycles. The van der Waals surface area contributed by atoms with E-state index in [0.29, 0.717) is 5.56 Å². The van der Waals surface area contributed by atoms with Gasteiger partial charge in [0.2, 0.25) is 19.1 Å². The molecule has 0 N–H and O–H groups in total. The molecule has 1 heterocycles. The summed E-state index contributed by atoms with van der Waals surface area (Å²) >= 11 is 3.29. The lowest BCUT2D eigenvalue weighted by molar-refractivity contribution is 0.376. The Bertz CT molecular complexity index is 717. The van der Waals surface area contributed by atoms with Crippen LogP contribution in [0, 0.1) is 0 Å². The third-order valence-corrected chi connectivity index (χ3v) is 6.67. The molecule has 1 aliphatic heterocycles. The number of nitrogens with zero attached hydrogens (tertiary/aromatic N) is 1. The molecule has 0 amide bonds. The predicted octanol–water partition coefficient (Wildman–Crippen LogP) is 2.08. The van der Waals surface area contributed by atoms with E-state index < -0.39 is 30.9 Å². The minimum Gasteiger partial charge on any atom is -0.212 e. The van der Waals surface area contributed by atoms with Crippen LogP contribution in [-0.2, 0) is 19.1 Å². The highest BCUT2D eigenvalue weighted by atomic mass is 79.9. The van der Waals surface area contributed by atoms with Crippen molar-refractivity contribution in [3.63, 3.8) is 0 Å². The van der Waals surface area contributed by atoms with Crippen molar-refractivity contribution >= 4 is 45.7 Å². The zero-order valence-electron chi connectivity index (χ0n) is 9.88. The van der Waals surface area contributed by atoms with E-state index in [4.69, 9.17) is 10.7 Å². The van der Waals surface area contributed by atoms with Crippen molar-refractivity contribution in [3.8, 4) is 0 Å².